The maximum Gasteiger partial charge on any atom is 0.242 e. The molecule has 1 rings (SSSR count). The van der Waals surface area contributed by atoms with Crippen molar-refractivity contribution in [2.24, 2.45) is 0 Å². The third-order valence-corrected chi connectivity index (χ3v) is 5.02. The smallest absolute Gasteiger partial charge is 0.242 e. The Hall–Kier alpha value is 0.0500. The second-order valence-electron chi connectivity index (χ2n) is 3.58. The Morgan fingerprint density at radius 1 is 1.22 bits per heavy atom. The lowest BCUT2D eigenvalue weighted by Crippen LogP contribution is -2.30. The SMILES string of the molecule is CN(CCOCCBr)S(=O)(=O)c1ccc(Br)cc1. The summed E-state index contributed by atoms with van der Waals surface area (Å²) in [4.78, 5) is 0.286. The van der Waals surface area contributed by atoms with Crippen LogP contribution in [-0.2, 0) is 14.8 Å². The van der Waals surface area contributed by atoms with E-state index in [0.717, 1.165) is 9.80 Å². The Labute approximate surface area is 125 Å². The average Bonchev–Trinajstić information content (AvgIpc) is 2.35. The van der Waals surface area contributed by atoms with Crippen molar-refractivity contribution in [2.45, 2.75) is 4.90 Å². The molecular weight excluding hydrogens is 386 g/mol. The van der Waals surface area contributed by atoms with Crippen LogP contribution in [0.4, 0.5) is 0 Å². The summed E-state index contributed by atoms with van der Waals surface area (Å²) in [6.07, 6.45) is 0. The van der Waals surface area contributed by atoms with E-state index in [1.807, 2.05) is 0 Å². The van der Waals surface area contributed by atoms with Crippen molar-refractivity contribution in [3.05, 3.63) is 28.7 Å². The van der Waals surface area contributed by atoms with Crippen molar-refractivity contribution in [3.8, 4) is 0 Å². The third kappa shape index (κ3) is 4.62. The van der Waals surface area contributed by atoms with Crippen LogP contribution in [0.3, 0.4) is 0 Å². The van der Waals surface area contributed by atoms with E-state index in [1.54, 1.807) is 31.3 Å². The first-order valence-corrected chi connectivity index (χ1v) is 8.69. The summed E-state index contributed by atoms with van der Waals surface area (Å²) in [6.45, 7) is 1.30. The van der Waals surface area contributed by atoms with Gasteiger partial charge in [0.25, 0.3) is 0 Å². The second-order valence-corrected chi connectivity index (χ2v) is 7.34. The number of hydrogen-bond acceptors (Lipinski definition) is 3. The quantitative estimate of drug-likeness (QED) is 0.521. The van der Waals surface area contributed by atoms with Crippen molar-refractivity contribution in [2.75, 3.05) is 32.1 Å². The van der Waals surface area contributed by atoms with Crippen LogP contribution in [0, 0.1) is 0 Å². The van der Waals surface area contributed by atoms with E-state index >= 15 is 0 Å². The van der Waals surface area contributed by atoms with Gasteiger partial charge in [-0.3, -0.25) is 0 Å². The van der Waals surface area contributed by atoms with Crippen LogP contribution < -0.4 is 0 Å². The Balaban J connectivity index is 2.65. The van der Waals surface area contributed by atoms with Gasteiger partial charge in [0.2, 0.25) is 10.0 Å². The maximum absolute atomic E-state index is 12.2. The number of alkyl halides is 1. The molecule has 0 atom stereocenters. The Kier molecular flexibility index (Phi) is 6.79. The van der Waals surface area contributed by atoms with Gasteiger partial charge in [-0.2, -0.15) is 4.31 Å². The molecule has 0 bridgehead atoms. The molecule has 0 aromatic heterocycles. The standard InChI is InChI=1S/C11H15Br2NO3S/c1-14(7-9-17-8-6-12)18(15,16)11-4-2-10(13)3-5-11/h2-5H,6-9H2,1H3. The average molecular weight is 401 g/mol. The summed E-state index contributed by atoms with van der Waals surface area (Å²) in [5.74, 6) is 0. The third-order valence-electron chi connectivity index (χ3n) is 2.29. The van der Waals surface area contributed by atoms with E-state index in [1.165, 1.54) is 4.31 Å². The lowest BCUT2D eigenvalue weighted by atomic mass is 10.4. The van der Waals surface area contributed by atoms with Gasteiger partial charge in [-0.05, 0) is 24.3 Å². The number of sulfonamides is 1. The van der Waals surface area contributed by atoms with Crippen LogP contribution in [0.15, 0.2) is 33.6 Å². The van der Waals surface area contributed by atoms with Gasteiger partial charge in [-0.15, -0.1) is 0 Å². The highest BCUT2D eigenvalue weighted by Gasteiger charge is 2.19. The molecule has 0 unspecified atom stereocenters. The number of halogens is 2. The molecule has 0 saturated heterocycles. The molecule has 0 spiro atoms. The zero-order valence-electron chi connectivity index (χ0n) is 9.97. The van der Waals surface area contributed by atoms with E-state index < -0.39 is 10.0 Å². The molecule has 0 radical (unpaired) electrons. The van der Waals surface area contributed by atoms with Crippen LogP contribution in [0.2, 0.25) is 0 Å². The Morgan fingerprint density at radius 2 is 1.83 bits per heavy atom. The van der Waals surface area contributed by atoms with Crippen molar-refractivity contribution in [3.63, 3.8) is 0 Å². The van der Waals surface area contributed by atoms with Crippen molar-refractivity contribution in [1.82, 2.24) is 4.31 Å². The van der Waals surface area contributed by atoms with Crippen LogP contribution in [0.1, 0.15) is 0 Å². The first-order chi connectivity index (χ1) is 8.48. The van der Waals surface area contributed by atoms with Gasteiger partial charge < -0.3 is 4.74 Å². The predicted molar refractivity (Wildman–Crippen MR) is 78.6 cm³/mol. The normalized spacial score (nSPS) is 12.0. The van der Waals surface area contributed by atoms with E-state index in [4.69, 9.17) is 4.74 Å². The highest BCUT2D eigenvalue weighted by molar-refractivity contribution is 9.10. The van der Waals surface area contributed by atoms with Gasteiger partial charge in [0.1, 0.15) is 0 Å². The molecule has 1 aromatic rings. The summed E-state index contributed by atoms with van der Waals surface area (Å²) in [7, 11) is -1.87. The monoisotopic (exact) mass is 399 g/mol. The number of nitrogens with zero attached hydrogens (tertiary/aromatic N) is 1. The first-order valence-electron chi connectivity index (χ1n) is 5.34. The molecule has 0 aliphatic heterocycles. The summed E-state index contributed by atoms with van der Waals surface area (Å²) < 4.78 is 31.7. The molecule has 0 aliphatic carbocycles. The molecule has 4 nitrogen and oxygen atoms in total. The van der Waals surface area contributed by atoms with Crippen LogP contribution in [-0.4, -0.2) is 44.9 Å². The maximum atomic E-state index is 12.2. The van der Waals surface area contributed by atoms with Gasteiger partial charge in [0.15, 0.2) is 0 Å². The second kappa shape index (κ2) is 7.59. The molecular formula is C11H15Br2NO3S. The largest absolute Gasteiger partial charge is 0.379 e. The molecule has 1 aromatic carbocycles. The predicted octanol–water partition coefficient (Wildman–Crippen LogP) is 2.48. The summed E-state index contributed by atoms with van der Waals surface area (Å²) in [5.41, 5.74) is 0. The Morgan fingerprint density at radius 3 is 2.39 bits per heavy atom. The van der Waals surface area contributed by atoms with Crippen LogP contribution in [0.25, 0.3) is 0 Å². The molecule has 0 amide bonds. The number of hydrogen-bond donors (Lipinski definition) is 0. The molecule has 0 aliphatic rings. The molecule has 7 heteroatoms. The highest BCUT2D eigenvalue weighted by Crippen LogP contribution is 2.17. The van der Waals surface area contributed by atoms with Crippen LogP contribution in [0.5, 0.6) is 0 Å². The zero-order chi connectivity index (χ0) is 13.6. The van der Waals surface area contributed by atoms with E-state index in [0.29, 0.717) is 19.8 Å². The fourth-order valence-electron chi connectivity index (χ4n) is 1.26. The lowest BCUT2D eigenvalue weighted by molar-refractivity contribution is 0.141. The molecule has 18 heavy (non-hydrogen) atoms. The van der Waals surface area contributed by atoms with E-state index in [-0.39, 0.29) is 4.90 Å². The minimum atomic E-state index is -3.42. The molecule has 102 valence electrons. The minimum Gasteiger partial charge on any atom is -0.379 e. The van der Waals surface area contributed by atoms with E-state index in [9.17, 15) is 8.42 Å². The summed E-state index contributed by atoms with van der Waals surface area (Å²) in [5, 5.41) is 0.746. The van der Waals surface area contributed by atoms with Crippen molar-refractivity contribution < 1.29 is 13.2 Å². The first kappa shape index (κ1) is 16.1. The topological polar surface area (TPSA) is 46.6 Å². The number of rotatable bonds is 7. The minimum absolute atomic E-state index is 0.286. The van der Waals surface area contributed by atoms with Crippen molar-refractivity contribution in [1.29, 1.82) is 0 Å². The van der Waals surface area contributed by atoms with Gasteiger partial charge in [0, 0.05) is 23.4 Å². The number of ether oxygens (including phenoxy) is 1. The fraction of sp³-hybridized carbons (Fsp3) is 0.455. The van der Waals surface area contributed by atoms with Gasteiger partial charge in [0.05, 0.1) is 18.1 Å². The Bertz CT molecular complexity index is 462. The van der Waals surface area contributed by atoms with E-state index in [2.05, 4.69) is 31.9 Å². The van der Waals surface area contributed by atoms with Crippen LogP contribution >= 0.6 is 31.9 Å². The zero-order valence-corrected chi connectivity index (χ0v) is 14.0. The van der Waals surface area contributed by atoms with Gasteiger partial charge in [-0.1, -0.05) is 31.9 Å². The number of benzene rings is 1. The molecule has 0 heterocycles. The number of likely N-dealkylation sites (N-methyl/N-ethyl adjacent to an activating group) is 1. The summed E-state index contributed by atoms with van der Waals surface area (Å²) >= 11 is 6.51. The molecule has 0 N–H and O–H groups in total. The van der Waals surface area contributed by atoms with Gasteiger partial charge in [-0.25, -0.2) is 8.42 Å². The highest BCUT2D eigenvalue weighted by atomic mass is 79.9. The summed E-state index contributed by atoms with van der Waals surface area (Å²) in [6, 6.07) is 6.58. The lowest BCUT2D eigenvalue weighted by Gasteiger charge is -2.17. The molecule has 0 fully saturated rings. The fourth-order valence-corrected chi connectivity index (χ4v) is 2.90. The van der Waals surface area contributed by atoms with Gasteiger partial charge >= 0.3 is 0 Å². The molecule has 0 saturated carbocycles. The van der Waals surface area contributed by atoms with Crippen molar-refractivity contribution >= 4 is 41.9 Å².